The molecule has 0 aliphatic carbocycles. The molecule has 166 valence electrons. The zero-order valence-electron chi connectivity index (χ0n) is 18.5. The van der Waals surface area contributed by atoms with Crippen LogP contribution < -0.4 is 4.80 Å². The second-order valence-corrected chi connectivity index (χ2v) is 10.4. The van der Waals surface area contributed by atoms with Gasteiger partial charge in [0.05, 0.1) is 15.1 Å². The number of nitrogens with zero attached hydrogens (tertiary/aromatic N) is 3. The molecule has 0 aliphatic heterocycles. The minimum Gasteiger partial charge on any atom is -0.319 e. The van der Waals surface area contributed by atoms with Crippen LogP contribution in [0.25, 0.3) is 10.2 Å². The lowest BCUT2D eigenvalue weighted by atomic mass is 10.1. The van der Waals surface area contributed by atoms with Gasteiger partial charge in [0, 0.05) is 25.7 Å². The largest absolute Gasteiger partial charge is 0.319 e. The highest BCUT2D eigenvalue weighted by Crippen LogP contribution is 2.21. The van der Waals surface area contributed by atoms with Crippen LogP contribution in [0.3, 0.4) is 0 Å². The third-order valence-electron chi connectivity index (χ3n) is 5.17. The Morgan fingerprint density at radius 3 is 2.26 bits per heavy atom. The van der Waals surface area contributed by atoms with Crippen molar-refractivity contribution in [3.8, 4) is 0 Å². The number of carbonyl (C=O) groups excluding carboxylic acids is 1. The van der Waals surface area contributed by atoms with Crippen molar-refractivity contribution >= 4 is 37.5 Å². The van der Waals surface area contributed by atoms with Crippen LogP contribution in [0.15, 0.2) is 52.4 Å². The lowest BCUT2D eigenvalue weighted by molar-refractivity contribution is 0.0998. The number of hydrogen-bond donors (Lipinski definition) is 0. The van der Waals surface area contributed by atoms with Gasteiger partial charge < -0.3 is 4.57 Å². The van der Waals surface area contributed by atoms with Crippen molar-refractivity contribution < 1.29 is 13.2 Å². The van der Waals surface area contributed by atoms with Gasteiger partial charge in [-0.3, -0.25) is 4.79 Å². The maximum Gasteiger partial charge on any atom is 0.279 e. The number of hydrogen-bond acceptors (Lipinski definition) is 4. The number of fused-ring (bicyclic) bond motifs is 1. The molecule has 0 N–H and O–H groups in total. The van der Waals surface area contributed by atoms with Gasteiger partial charge in [-0.05, 0) is 55.2 Å². The fraction of sp³-hybridized carbons (Fsp3) is 0.391. The Morgan fingerprint density at radius 2 is 1.68 bits per heavy atom. The first-order valence-electron chi connectivity index (χ1n) is 10.6. The summed E-state index contributed by atoms with van der Waals surface area (Å²) in [7, 11) is -1.66. The normalized spacial score (nSPS) is 12.7. The van der Waals surface area contributed by atoms with Crippen LogP contribution in [-0.2, 0) is 23.5 Å². The van der Waals surface area contributed by atoms with Crippen LogP contribution in [0.2, 0.25) is 0 Å². The summed E-state index contributed by atoms with van der Waals surface area (Å²) >= 11 is 1.47. The van der Waals surface area contributed by atoms with E-state index in [9.17, 15) is 13.2 Å². The van der Waals surface area contributed by atoms with E-state index in [1.165, 1.54) is 33.3 Å². The molecule has 0 saturated carbocycles. The number of carbonyl (C=O) groups is 1. The van der Waals surface area contributed by atoms with Gasteiger partial charge in [0.25, 0.3) is 5.91 Å². The summed E-state index contributed by atoms with van der Waals surface area (Å²) in [4.78, 5) is 17.9. The molecule has 8 heteroatoms. The maximum atomic E-state index is 12.9. The first kappa shape index (κ1) is 23.4. The Hall–Kier alpha value is -2.29. The van der Waals surface area contributed by atoms with Crippen molar-refractivity contribution in [2.45, 2.75) is 44.9 Å². The van der Waals surface area contributed by atoms with Gasteiger partial charge in [-0.2, -0.15) is 9.30 Å². The molecular weight excluding hydrogens is 430 g/mol. The second kappa shape index (κ2) is 9.89. The summed E-state index contributed by atoms with van der Waals surface area (Å²) in [6.45, 7) is 6.98. The van der Waals surface area contributed by atoms with E-state index in [-0.39, 0.29) is 10.8 Å². The number of thiazole rings is 1. The van der Waals surface area contributed by atoms with E-state index >= 15 is 0 Å². The van der Waals surface area contributed by atoms with Crippen molar-refractivity contribution in [3.05, 3.63) is 58.4 Å². The van der Waals surface area contributed by atoms with Crippen LogP contribution in [0.1, 0.15) is 49.5 Å². The SMILES string of the molecule is CCCN(CCC)S(=O)(=O)c1ccc(C(=O)N=c2sc3cccc(CC)c3n2C)cc1. The van der Waals surface area contributed by atoms with Crippen molar-refractivity contribution in [2.75, 3.05) is 13.1 Å². The van der Waals surface area contributed by atoms with Gasteiger partial charge in [-0.1, -0.05) is 44.2 Å². The summed E-state index contributed by atoms with van der Waals surface area (Å²) in [5.74, 6) is -0.386. The van der Waals surface area contributed by atoms with Gasteiger partial charge >= 0.3 is 0 Å². The highest BCUT2D eigenvalue weighted by molar-refractivity contribution is 7.89. The average molecular weight is 460 g/mol. The highest BCUT2D eigenvalue weighted by Gasteiger charge is 2.23. The minimum atomic E-state index is -3.57. The maximum absolute atomic E-state index is 12.9. The lowest BCUT2D eigenvalue weighted by Gasteiger charge is -2.21. The molecular formula is C23H29N3O3S2. The first-order valence-corrected chi connectivity index (χ1v) is 12.9. The number of aryl methyl sites for hydroxylation is 2. The van der Waals surface area contributed by atoms with Crippen LogP contribution in [0.5, 0.6) is 0 Å². The van der Waals surface area contributed by atoms with Crippen molar-refractivity contribution in [2.24, 2.45) is 12.0 Å². The molecule has 0 spiro atoms. The van der Waals surface area contributed by atoms with Gasteiger partial charge in [-0.25, -0.2) is 8.42 Å². The molecule has 3 aromatic rings. The number of amides is 1. The number of sulfonamides is 1. The molecule has 0 radical (unpaired) electrons. The quantitative estimate of drug-likeness (QED) is 0.503. The summed E-state index contributed by atoms with van der Waals surface area (Å²) in [6, 6.07) is 12.2. The third-order valence-corrected chi connectivity index (χ3v) is 8.18. The third kappa shape index (κ3) is 4.81. The molecule has 6 nitrogen and oxygen atoms in total. The van der Waals surface area contributed by atoms with E-state index < -0.39 is 10.0 Å². The van der Waals surface area contributed by atoms with Gasteiger partial charge in [-0.15, -0.1) is 0 Å². The summed E-state index contributed by atoms with van der Waals surface area (Å²) in [5.41, 5.74) is 2.67. The summed E-state index contributed by atoms with van der Waals surface area (Å²) in [5, 5.41) is 0. The molecule has 0 bridgehead atoms. The molecule has 0 unspecified atom stereocenters. The fourth-order valence-corrected chi connectivity index (χ4v) is 6.29. The van der Waals surface area contributed by atoms with Gasteiger partial charge in [0.2, 0.25) is 10.0 Å². The van der Waals surface area contributed by atoms with Crippen LogP contribution in [0.4, 0.5) is 0 Å². The van der Waals surface area contributed by atoms with E-state index in [2.05, 4.69) is 18.0 Å². The average Bonchev–Trinajstić information content (AvgIpc) is 3.09. The molecule has 0 aliphatic rings. The zero-order chi connectivity index (χ0) is 22.6. The Kier molecular flexibility index (Phi) is 7.46. The number of aromatic nitrogens is 1. The monoisotopic (exact) mass is 459 g/mol. The number of para-hydroxylation sites is 1. The molecule has 2 aromatic carbocycles. The van der Waals surface area contributed by atoms with Gasteiger partial charge in [0.15, 0.2) is 4.80 Å². The Labute approximate surface area is 187 Å². The van der Waals surface area contributed by atoms with E-state index in [0.29, 0.717) is 23.5 Å². The van der Waals surface area contributed by atoms with E-state index in [1.54, 1.807) is 12.1 Å². The van der Waals surface area contributed by atoms with Crippen LogP contribution in [-0.4, -0.2) is 36.3 Å². The number of benzene rings is 2. The predicted molar refractivity (Wildman–Crippen MR) is 126 cm³/mol. The molecule has 31 heavy (non-hydrogen) atoms. The predicted octanol–water partition coefficient (Wildman–Crippen LogP) is 4.35. The first-order chi connectivity index (χ1) is 14.8. The van der Waals surface area contributed by atoms with E-state index in [4.69, 9.17) is 0 Å². The molecule has 0 atom stereocenters. The highest BCUT2D eigenvalue weighted by atomic mass is 32.2. The molecule has 1 aromatic heterocycles. The van der Waals surface area contributed by atoms with Gasteiger partial charge in [0.1, 0.15) is 0 Å². The number of rotatable bonds is 8. The Morgan fingerprint density at radius 1 is 1.03 bits per heavy atom. The molecule has 0 fully saturated rings. The summed E-state index contributed by atoms with van der Waals surface area (Å²) in [6.07, 6.45) is 2.40. The second-order valence-electron chi connectivity index (χ2n) is 7.41. The summed E-state index contributed by atoms with van der Waals surface area (Å²) < 4.78 is 30.3. The van der Waals surface area contributed by atoms with Crippen LogP contribution >= 0.6 is 11.3 Å². The molecule has 1 heterocycles. The molecule has 1 amide bonds. The lowest BCUT2D eigenvalue weighted by Crippen LogP contribution is -2.32. The van der Waals surface area contributed by atoms with Crippen molar-refractivity contribution in [3.63, 3.8) is 0 Å². The topological polar surface area (TPSA) is 71.7 Å². The van der Waals surface area contributed by atoms with Crippen LogP contribution in [0, 0.1) is 0 Å². The molecule has 0 saturated heterocycles. The van der Waals surface area contributed by atoms with E-state index in [0.717, 1.165) is 29.5 Å². The smallest absolute Gasteiger partial charge is 0.279 e. The van der Waals surface area contributed by atoms with Crippen molar-refractivity contribution in [1.82, 2.24) is 8.87 Å². The zero-order valence-corrected chi connectivity index (χ0v) is 20.1. The minimum absolute atomic E-state index is 0.200. The van der Waals surface area contributed by atoms with E-state index in [1.807, 2.05) is 37.6 Å². The Balaban J connectivity index is 1.92. The fourth-order valence-electron chi connectivity index (χ4n) is 3.60. The standard InChI is InChI=1S/C23H29N3O3S2/c1-5-15-26(16-6-2)31(28,29)19-13-11-18(12-14-19)22(27)24-23-25(4)21-17(7-3)9-8-10-20(21)30-23/h8-14H,5-7,15-16H2,1-4H3. The molecule has 3 rings (SSSR count). The Bertz CT molecular complexity index is 1230. The van der Waals surface area contributed by atoms with Crippen molar-refractivity contribution in [1.29, 1.82) is 0 Å².